The van der Waals surface area contributed by atoms with Crippen LogP contribution in [0.4, 0.5) is 5.69 Å². The van der Waals surface area contributed by atoms with Gasteiger partial charge in [0.1, 0.15) is 0 Å². The van der Waals surface area contributed by atoms with E-state index < -0.39 is 0 Å². The third-order valence-electron chi connectivity index (χ3n) is 3.50. The molecule has 1 fully saturated rings. The van der Waals surface area contributed by atoms with Crippen LogP contribution in [0.15, 0.2) is 12.3 Å². The number of nitrogens with zero attached hydrogens (tertiary/aromatic N) is 2. The van der Waals surface area contributed by atoms with Gasteiger partial charge in [0.15, 0.2) is 0 Å². The maximum Gasteiger partial charge on any atom is 0.0608 e. The van der Waals surface area contributed by atoms with Crippen LogP contribution in [0.1, 0.15) is 31.0 Å². The highest BCUT2D eigenvalue weighted by atomic mass is 16.5. The number of anilines is 1. The predicted octanol–water partition coefficient (Wildman–Crippen LogP) is 1.85. The van der Waals surface area contributed by atoms with Gasteiger partial charge in [0.25, 0.3) is 0 Å². The number of hydrogen-bond acceptors (Lipinski definition) is 4. The van der Waals surface area contributed by atoms with Crippen molar-refractivity contribution in [2.75, 3.05) is 24.6 Å². The van der Waals surface area contributed by atoms with Crippen LogP contribution in [-0.4, -0.2) is 30.8 Å². The zero-order chi connectivity index (χ0) is 13.0. The monoisotopic (exact) mass is 249 g/mol. The largest absolute Gasteiger partial charge is 0.378 e. The topological polar surface area (TPSA) is 51.4 Å². The second-order valence-corrected chi connectivity index (χ2v) is 4.80. The van der Waals surface area contributed by atoms with Crippen molar-refractivity contribution in [1.82, 2.24) is 4.98 Å². The van der Waals surface area contributed by atoms with Gasteiger partial charge in [0.2, 0.25) is 0 Å². The summed E-state index contributed by atoms with van der Waals surface area (Å²) in [7, 11) is 0. The summed E-state index contributed by atoms with van der Waals surface area (Å²) in [4.78, 5) is 6.73. The van der Waals surface area contributed by atoms with Gasteiger partial charge in [-0.1, -0.05) is 0 Å². The lowest BCUT2D eigenvalue weighted by Crippen LogP contribution is -2.37. The third kappa shape index (κ3) is 3.00. The summed E-state index contributed by atoms with van der Waals surface area (Å²) in [6.45, 7) is 7.53. The smallest absolute Gasteiger partial charge is 0.0608 e. The summed E-state index contributed by atoms with van der Waals surface area (Å²) in [5, 5.41) is 0. The molecule has 2 N–H and O–H groups in total. The van der Waals surface area contributed by atoms with Crippen LogP contribution in [0.2, 0.25) is 0 Å². The summed E-state index contributed by atoms with van der Waals surface area (Å²) in [6, 6.07) is 2.14. The van der Waals surface area contributed by atoms with Gasteiger partial charge >= 0.3 is 0 Å². The van der Waals surface area contributed by atoms with Crippen molar-refractivity contribution < 1.29 is 4.74 Å². The predicted molar refractivity (Wildman–Crippen MR) is 73.7 cm³/mol. The standard InChI is InChI=1S/C14H23N3O/c1-3-18-13-4-6-17(7-5-13)14-8-11(2)16-10-12(14)9-15/h8,10,13H,3-7,9,15H2,1-2H3. The number of aryl methyl sites for hydroxylation is 1. The Morgan fingerprint density at radius 2 is 2.17 bits per heavy atom. The molecule has 0 saturated carbocycles. The zero-order valence-corrected chi connectivity index (χ0v) is 11.4. The van der Waals surface area contributed by atoms with E-state index in [9.17, 15) is 0 Å². The van der Waals surface area contributed by atoms with E-state index in [1.807, 2.05) is 13.1 Å². The quantitative estimate of drug-likeness (QED) is 0.885. The van der Waals surface area contributed by atoms with Crippen LogP contribution in [0.5, 0.6) is 0 Å². The van der Waals surface area contributed by atoms with Crippen LogP contribution < -0.4 is 10.6 Å². The fourth-order valence-electron chi connectivity index (χ4n) is 2.52. The minimum atomic E-state index is 0.426. The zero-order valence-electron chi connectivity index (χ0n) is 11.4. The van der Waals surface area contributed by atoms with E-state index >= 15 is 0 Å². The number of rotatable bonds is 4. The molecule has 0 aromatic carbocycles. The molecule has 0 amide bonds. The maximum absolute atomic E-state index is 5.79. The van der Waals surface area contributed by atoms with E-state index in [2.05, 4.69) is 22.9 Å². The molecule has 0 unspecified atom stereocenters. The molecule has 1 aliphatic heterocycles. The first-order valence-corrected chi connectivity index (χ1v) is 6.76. The fourth-order valence-corrected chi connectivity index (χ4v) is 2.52. The van der Waals surface area contributed by atoms with Crippen molar-refractivity contribution in [2.24, 2.45) is 5.73 Å². The van der Waals surface area contributed by atoms with Crippen LogP contribution in [0.3, 0.4) is 0 Å². The Labute approximate surface area is 109 Å². The molecule has 1 aromatic heterocycles. The number of ether oxygens (including phenoxy) is 1. The van der Waals surface area contributed by atoms with Crippen LogP contribution in [0.25, 0.3) is 0 Å². The van der Waals surface area contributed by atoms with Gasteiger partial charge < -0.3 is 15.4 Å². The second kappa shape index (κ2) is 6.16. The van der Waals surface area contributed by atoms with Crippen molar-refractivity contribution in [2.45, 2.75) is 39.3 Å². The first-order chi connectivity index (χ1) is 8.74. The highest BCUT2D eigenvalue weighted by Crippen LogP contribution is 2.25. The summed E-state index contributed by atoms with van der Waals surface area (Å²) in [6.07, 6.45) is 4.52. The van der Waals surface area contributed by atoms with E-state index in [1.54, 1.807) is 0 Å². The number of piperidine rings is 1. The molecule has 0 radical (unpaired) electrons. The number of nitrogens with two attached hydrogens (primary N) is 1. The van der Waals surface area contributed by atoms with Gasteiger partial charge in [-0.3, -0.25) is 4.98 Å². The Balaban J connectivity index is 2.06. The summed E-state index contributed by atoms with van der Waals surface area (Å²) >= 11 is 0. The average molecular weight is 249 g/mol. The van der Waals surface area contributed by atoms with Crippen molar-refractivity contribution in [3.63, 3.8) is 0 Å². The number of pyridine rings is 1. The summed E-state index contributed by atoms with van der Waals surface area (Å²) in [5.41, 5.74) is 9.23. The molecular weight excluding hydrogens is 226 g/mol. The lowest BCUT2D eigenvalue weighted by atomic mass is 10.1. The molecule has 2 heterocycles. The normalized spacial score (nSPS) is 17.2. The first kappa shape index (κ1) is 13.3. The van der Waals surface area contributed by atoms with E-state index in [1.165, 1.54) is 5.69 Å². The molecule has 0 atom stereocenters. The van der Waals surface area contributed by atoms with Crippen LogP contribution >= 0.6 is 0 Å². The van der Waals surface area contributed by atoms with Crippen LogP contribution in [0, 0.1) is 6.92 Å². The van der Waals surface area contributed by atoms with Gasteiger partial charge in [0.05, 0.1) is 6.10 Å². The Kier molecular flexibility index (Phi) is 4.55. The van der Waals surface area contributed by atoms with Crippen LogP contribution in [-0.2, 0) is 11.3 Å². The van der Waals surface area contributed by atoms with E-state index in [0.29, 0.717) is 12.6 Å². The lowest BCUT2D eigenvalue weighted by molar-refractivity contribution is 0.0459. The van der Waals surface area contributed by atoms with E-state index in [0.717, 1.165) is 43.8 Å². The Bertz CT molecular complexity index is 387. The molecule has 100 valence electrons. The molecule has 1 aliphatic rings. The van der Waals surface area contributed by atoms with Crippen molar-refractivity contribution >= 4 is 5.69 Å². The third-order valence-corrected chi connectivity index (χ3v) is 3.50. The molecule has 0 bridgehead atoms. The Hall–Kier alpha value is -1.13. The number of aromatic nitrogens is 1. The van der Waals surface area contributed by atoms with Gasteiger partial charge in [-0.15, -0.1) is 0 Å². The first-order valence-electron chi connectivity index (χ1n) is 6.76. The van der Waals surface area contributed by atoms with Crippen molar-refractivity contribution in [1.29, 1.82) is 0 Å². The average Bonchev–Trinajstić information content (AvgIpc) is 2.40. The Morgan fingerprint density at radius 1 is 1.44 bits per heavy atom. The van der Waals surface area contributed by atoms with Gasteiger partial charge in [-0.05, 0) is 32.8 Å². The Morgan fingerprint density at radius 3 is 2.78 bits per heavy atom. The van der Waals surface area contributed by atoms with Crippen molar-refractivity contribution in [3.8, 4) is 0 Å². The molecule has 2 rings (SSSR count). The minimum absolute atomic E-state index is 0.426. The van der Waals surface area contributed by atoms with Gasteiger partial charge in [-0.2, -0.15) is 0 Å². The highest BCUT2D eigenvalue weighted by Gasteiger charge is 2.21. The SMILES string of the molecule is CCOC1CCN(c2cc(C)ncc2CN)CC1. The van der Waals surface area contributed by atoms with E-state index in [4.69, 9.17) is 10.5 Å². The summed E-state index contributed by atoms with van der Waals surface area (Å²) < 4.78 is 5.68. The van der Waals surface area contributed by atoms with Gasteiger partial charge in [-0.25, -0.2) is 0 Å². The minimum Gasteiger partial charge on any atom is -0.378 e. The molecule has 18 heavy (non-hydrogen) atoms. The molecule has 0 spiro atoms. The highest BCUT2D eigenvalue weighted by molar-refractivity contribution is 5.53. The molecular formula is C14H23N3O. The molecule has 1 aromatic rings. The molecule has 4 nitrogen and oxygen atoms in total. The summed E-state index contributed by atoms with van der Waals surface area (Å²) in [5.74, 6) is 0. The second-order valence-electron chi connectivity index (χ2n) is 4.80. The van der Waals surface area contributed by atoms with E-state index in [-0.39, 0.29) is 0 Å². The lowest BCUT2D eigenvalue weighted by Gasteiger charge is -2.34. The molecule has 0 aliphatic carbocycles. The molecule has 4 heteroatoms. The number of hydrogen-bond donors (Lipinski definition) is 1. The fraction of sp³-hybridized carbons (Fsp3) is 0.643. The van der Waals surface area contributed by atoms with Crippen molar-refractivity contribution in [3.05, 3.63) is 23.5 Å². The molecule has 1 saturated heterocycles. The maximum atomic E-state index is 5.79. The van der Waals surface area contributed by atoms with Gasteiger partial charge in [0, 0.05) is 49.4 Å².